The van der Waals surface area contributed by atoms with E-state index in [0.29, 0.717) is 11.4 Å². The Morgan fingerprint density at radius 3 is 2.63 bits per heavy atom. The second kappa shape index (κ2) is 6.04. The first-order valence-corrected chi connectivity index (χ1v) is 6.95. The molecule has 2 amide bonds. The predicted molar refractivity (Wildman–Crippen MR) is 76.7 cm³/mol. The number of hydrogen-bond donors (Lipinski definition) is 1. The van der Waals surface area contributed by atoms with Crippen LogP contribution in [0, 0.1) is 0 Å². The van der Waals surface area contributed by atoms with Gasteiger partial charge in [-0.1, -0.05) is 43.3 Å². The molecule has 2 N–H and O–H groups in total. The van der Waals surface area contributed by atoms with Crippen LogP contribution in [0.4, 0.5) is 4.79 Å². The lowest BCUT2D eigenvalue weighted by Crippen LogP contribution is -2.33. The van der Waals surface area contributed by atoms with Crippen LogP contribution in [-0.2, 0) is 4.79 Å². The van der Waals surface area contributed by atoms with Gasteiger partial charge >= 0.3 is 0 Å². The second-order valence-corrected chi connectivity index (χ2v) is 5.34. The van der Waals surface area contributed by atoms with Crippen molar-refractivity contribution in [2.24, 2.45) is 5.73 Å². The average Bonchev–Trinajstić information content (AvgIpc) is 2.68. The summed E-state index contributed by atoms with van der Waals surface area (Å²) in [7, 11) is 0. The SMILES string of the molecule is CC(/C=C1/SC(=O)N(CCN)C1=O)c1ccccc1. The zero-order valence-electron chi connectivity index (χ0n) is 10.7. The highest BCUT2D eigenvalue weighted by atomic mass is 32.2. The molecular weight excluding hydrogens is 260 g/mol. The summed E-state index contributed by atoms with van der Waals surface area (Å²) in [5.41, 5.74) is 6.51. The Labute approximate surface area is 116 Å². The number of allylic oxidation sites excluding steroid dienone is 1. The first-order chi connectivity index (χ1) is 9.13. The molecule has 0 saturated carbocycles. The number of thioether (sulfide) groups is 1. The van der Waals surface area contributed by atoms with E-state index in [1.54, 1.807) is 0 Å². The van der Waals surface area contributed by atoms with E-state index in [9.17, 15) is 9.59 Å². The smallest absolute Gasteiger partial charge is 0.293 e. The van der Waals surface area contributed by atoms with Crippen LogP contribution in [0.3, 0.4) is 0 Å². The summed E-state index contributed by atoms with van der Waals surface area (Å²) in [4.78, 5) is 25.4. The molecule has 0 aromatic heterocycles. The van der Waals surface area contributed by atoms with Gasteiger partial charge in [0.05, 0.1) is 4.91 Å². The molecule has 1 heterocycles. The molecule has 1 aromatic rings. The number of benzene rings is 1. The fourth-order valence-electron chi connectivity index (χ4n) is 1.92. The molecule has 0 bridgehead atoms. The standard InChI is InChI=1S/C14H16N2O2S/c1-10(11-5-3-2-4-6-11)9-12-13(17)16(8-7-15)14(18)19-12/h2-6,9-10H,7-8,15H2,1H3/b12-9+. The topological polar surface area (TPSA) is 63.4 Å². The lowest BCUT2D eigenvalue weighted by atomic mass is 10.0. The van der Waals surface area contributed by atoms with Crippen molar-refractivity contribution in [2.45, 2.75) is 12.8 Å². The highest BCUT2D eigenvalue weighted by Crippen LogP contribution is 2.32. The molecule has 0 aliphatic carbocycles. The average molecular weight is 276 g/mol. The first-order valence-electron chi connectivity index (χ1n) is 6.14. The van der Waals surface area contributed by atoms with Crippen molar-refractivity contribution >= 4 is 22.9 Å². The Balaban J connectivity index is 2.16. The van der Waals surface area contributed by atoms with E-state index in [-0.39, 0.29) is 23.6 Å². The van der Waals surface area contributed by atoms with Crippen LogP contribution in [-0.4, -0.2) is 29.1 Å². The third kappa shape index (κ3) is 3.05. The summed E-state index contributed by atoms with van der Waals surface area (Å²) in [6.45, 7) is 2.58. The number of carbonyl (C=O) groups excluding carboxylic acids is 2. The van der Waals surface area contributed by atoms with Crippen LogP contribution in [0.15, 0.2) is 41.3 Å². The molecule has 1 aliphatic heterocycles. The molecule has 1 fully saturated rings. The van der Waals surface area contributed by atoms with E-state index in [1.165, 1.54) is 4.90 Å². The zero-order chi connectivity index (χ0) is 13.8. The maximum Gasteiger partial charge on any atom is 0.293 e. The van der Waals surface area contributed by atoms with E-state index in [0.717, 1.165) is 17.3 Å². The molecule has 1 atom stereocenters. The summed E-state index contributed by atoms with van der Waals surface area (Å²) < 4.78 is 0. The lowest BCUT2D eigenvalue weighted by molar-refractivity contribution is -0.122. The van der Waals surface area contributed by atoms with Crippen molar-refractivity contribution in [1.82, 2.24) is 4.90 Å². The Morgan fingerprint density at radius 2 is 2.00 bits per heavy atom. The van der Waals surface area contributed by atoms with Gasteiger partial charge < -0.3 is 5.73 Å². The predicted octanol–water partition coefficient (Wildman–Crippen LogP) is 2.33. The number of amides is 2. The minimum atomic E-state index is -0.234. The molecule has 1 aliphatic rings. The van der Waals surface area contributed by atoms with Crippen LogP contribution < -0.4 is 5.73 Å². The summed E-state index contributed by atoms with van der Waals surface area (Å²) in [5.74, 6) is -0.137. The van der Waals surface area contributed by atoms with Gasteiger partial charge in [0.15, 0.2) is 0 Å². The van der Waals surface area contributed by atoms with Crippen LogP contribution in [0.2, 0.25) is 0 Å². The third-order valence-electron chi connectivity index (χ3n) is 2.95. The minimum Gasteiger partial charge on any atom is -0.329 e. The van der Waals surface area contributed by atoms with E-state index >= 15 is 0 Å². The maximum absolute atomic E-state index is 12.0. The van der Waals surface area contributed by atoms with Crippen molar-refractivity contribution < 1.29 is 9.59 Å². The Bertz CT molecular complexity index is 513. The van der Waals surface area contributed by atoms with E-state index in [4.69, 9.17) is 5.73 Å². The largest absolute Gasteiger partial charge is 0.329 e. The molecule has 19 heavy (non-hydrogen) atoms. The number of rotatable bonds is 4. The summed E-state index contributed by atoms with van der Waals surface area (Å²) in [6.07, 6.45) is 1.84. The Kier molecular flexibility index (Phi) is 4.39. The molecule has 2 rings (SSSR count). The van der Waals surface area contributed by atoms with E-state index in [1.807, 2.05) is 43.3 Å². The fraction of sp³-hybridized carbons (Fsp3) is 0.286. The van der Waals surface area contributed by atoms with Crippen molar-refractivity contribution in [2.75, 3.05) is 13.1 Å². The summed E-state index contributed by atoms with van der Waals surface area (Å²) in [5, 5.41) is -0.234. The maximum atomic E-state index is 12.0. The Morgan fingerprint density at radius 1 is 1.32 bits per heavy atom. The van der Waals surface area contributed by atoms with Crippen LogP contribution in [0.1, 0.15) is 18.4 Å². The van der Waals surface area contributed by atoms with Crippen LogP contribution in [0.5, 0.6) is 0 Å². The summed E-state index contributed by atoms with van der Waals surface area (Å²) >= 11 is 0.988. The quantitative estimate of drug-likeness (QED) is 0.857. The van der Waals surface area contributed by atoms with Gasteiger partial charge in [0.2, 0.25) is 0 Å². The van der Waals surface area contributed by atoms with Gasteiger partial charge in [0, 0.05) is 19.0 Å². The second-order valence-electron chi connectivity index (χ2n) is 4.34. The van der Waals surface area contributed by atoms with Gasteiger partial charge in [0.1, 0.15) is 0 Å². The number of imide groups is 1. The fourth-order valence-corrected chi connectivity index (χ4v) is 2.86. The highest BCUT2D eigenvalue weighted by Gasteiger charge is 2.34. The van der Waals surface area contributed by atoms with Crippen molar-refractivity contribution in [3.05, 3.63) is 46.9 Å². The molecule has 100 valence electrons. The van der Waals surface area contributed by atoms with E-state index in [2.05, 4.69) is 0 Å². The molecule has 1 unspecified atom stereocenters. The molecule has 1 aromatic carbocycles. The lowest BCUT2D eigenvalue weighted by Gasteiger charge is -2.10. The number of nitrogens with zero attached hydrogens (tertiary/aromatic N) is 1. The van der Waals surface area contributed by atoms with Crippen molar-refractivity contribution in [3.63, 3.8) is 0 Å². The van der Waals surface area contributed by atoms with E-state index < -0.39 is 0 Å². The monoisotopic (exact) mass is 276 g/mol. The van der Waals surface area contributed by atoms with Gasteiger partial charge in [-0.05, 0) is 17.3 Å². The van der Waals surface area contributed by atoms with Gasteiger partial charge in [-0.25, -0.2) is 0 Å². The first kappa shape index (κ1) is 13.8. The number of hydrogen-bond acceptors (Lipinski definition) is 4. The van der Waals surface area contributed by atoms with Gasteiger partial charge in [-0.2, -0.15) is 0 Å². The molecular formula is C14H16N2O2S. The summed E-state index contributed by atoms with van der Waals surface area (Å²) in [6, 6.07) is 9.88. The third-order valence-corrected chi connectivity index (χ3v) is 3.88. The molecule has 0 spiro atoms. The Hall–Kier alpha value is -1.59. The molecule has 4 nitrogen and oxygen atoms in total. The zero-order valence-corrected chi connectivity index (χ0v) is 11.5. The van der Waals surface area contributed by atoms with Gasteiger partial charge in [-0.15, -0.1) is 0 Å². The number of carbonyl (C=O) groups is 2. The van der Waals surface area contributed by atoms with Crippen LogP contribution in [0.25, 0.3) is 0 Å². The van der Waals surface area contributed by atoms with Gasteiger partial charge in [-0.3, -0.25) is 14.5 Å². The molecule has 5 heteroatoms. The van der Waals surface area contributed by atoms with Gasteiger partial charge in [0.25, 0.3) is 11.1 Å². The van der Waals surface area contributed by atoms with Crippen molar-refractivity contribution in [3.8, 4) is 0 Å². The molecule has 1 saturated heterocycles. The minimum absolute atomic E-state index is 0.0956. The highest BCUT2D eigenvalue weighted by molar-refractivity contribution is 8.18. The molecule has 0 radical (unpaired) electrons. The number of nitrogens with two attached hydrogens (primary N) is 1. The van der Waals surface area contributed by atoms with Crippen molar-refractivity contribution in [1.29, 1.82) is 0 Å². The van der Waals surface area contributed by atoms with Crippen LogP contribution >= 0.6 is 11.8 Å². The normalized spacial score (nSPS) is 19.3.